The minimum absolute atomic E-state index is 0.188. The van der Waals surface area contributed by atoms with Crippen LogP contribution < -0.4 is 5.32 Å². The quantitative estimate of drug-likeness (QED) is 0.556. The molecule has 0 saturated heterocycles. The van der Waals surface area contributed by atoms with Crippen LogP contribution >= 0.6 is 11.3 Å². The number of hydrogen-bond donors (Lipinski definition) is 1. The summed E-state index contributed by atoms with van der Waals surface area (Å²) in [4.78, 5) is 20.3. The first kappa shape index (κ1) is 17.5. The molecule has 2 aromatic carbocycles. The number of aryl methyl sites for hydroxylation is 1. The number of nitrogens with one attached hydrogen (secondary N) is 1. The number of hydrogen-bond acceptors (Lipinski definition) is 4. The standard InChI is InChI=1S/C18H13F3N4OS/c1-10-6-7-12-14(8-10)27-17(23-12)24-15(26)9-25-13-5-3-2-4-11(13)22-16(25)18(19,20)21/h2-8H,9H2,1H3,(H,23,24,26). The van der Waals surface area contributed by atoms with E-state index in [1.165, 1.54) is 23.5 Å². The average Bonchev–Trinajstić information content (AvgIpc) is 3.15. The lowest BCUT2D eigenvalue weighted by molar-refractivity contribution is -0.147. The number of fused-ring (bicyclic) bond motifs is 2. The Morgan fingerprint density at radius 1 is 1.15 bits per heavy atom. The Kier molecular flexibility index (Phi) is 4.11. The Balaban J connectivity index is 1.64. The number of carbonyl (C=O) groups is 1. The summed E-state index contributed by atoms with van der Waals surface area (Å²) < 4.78 is 41.7. The van der Waals surface area contributed by atoms with Gasteiger partial charge in [-0.15, -0.1) is 0 Å². The van der Waals surface area contributed by atoms with Gasteiger partial charge in [-0.3, -0.25) is 4.79 Å². The lowest BCUT2D eigenvalue weighted by Crippen LogP contribution is -2.23. The van der Waals surface area contributed by atoms with Crippen LogP contribution in [0, 0.1) is 6.92 Å². The first-order chi connectivity index (χ1) is 12.8. The summed E-state index contributed by atoms with van der Waals surface area (Å²) in [5, 5.41) is 2.93. The van der Waals surface area contributed by atoms with E-state index in [1.807, 2.05) is 25.1 Å². The number of rotatable bonds is 3. The van der Waals surface area contributed by atoms with E-state index in [2.05, 4.69) is 15.3 Å². The van der Waals surface area contributed by atoms with E-state index in [1.54, 1.807) is 12.1 Å². The third kappa shape index (κ3) is 3.37. The number of alkyl halides is 3. The number of aromatic nitrogens is 3. The molecule has 2 heterocycles. The fourth-order valence-corrected chi connectivity index (χ4v) is 3.82. The first-order valence-electron chi connectivity index (χ1n) is 8.01. The van der Waals surface area contributed by atoms with Gasteiger partial charge in [0.1, 0.15) is 6.54 Å². The Morgan fingerprint density at radius 2 is 1.93 bits per heavy atom. The van der Waals surface area contributed by atoms with Crippen LogP contribution in [0.25, 0.3) is 21.3 Å². The second kappa shape index (κ2) is 6.34. The molecule has 0 atom stereocenters. The molecule has 138 valence electrons. The molecule has 0 radical (unpaired) electrons. The van der Waals surface area contributed by atoms with Crippen LogP contribution in [0.1, 0.15) is 11.4 Å². The summed E-state index contributed by atoms with van der Waals surface area (Å²) in [6.07, 6.45) is -4.66. The Labute approximate surface area is 155 Å². The number of thiazole rings is 1. The molecular weight excluding hydrogens is 377 g/mol. The monoisotopic (exact) mass is 390 g/mol. The van der Waals surface area contributed by atoms with E-state index >= 15 is 0 Å². The van der Waals surface area contributed by atoms with Crippen LogP contribution in [-0.2, 0) is 17.5 Å². The van der Waals surface area contributed by atoms with Crippen LogP contribution in [0.2, 0.25) is 0 Å². The fraction of sp³-hybridized carbons (Fsp3) is 0.167. The Hall–Kier alpha value is -2.94. The predicted molar refractivity (Wildman–Crippen MR) is 97.7 cm³/mol. The van der Waals surface area contributed by atoms with Crippen LogP contribution in [0.15, 0.2) is 42.5 Å². The Morgan fingerprint density at radius 3 is 2.70 bits per heavy atom. The number of carbonyl (C=O) groups excluding carboxylic acids is 1. The number of halogens is 3. The highest BCUT2D eigenvalue weighted by molar-refractivity contribution is 7.22. The van der Waals surface area contributed by atoms with Crippen molar-refractivity contribution in [2.45, 2.75) is 19.6 Å². The van der Waals surface area contributed by atoms with E-state index < -0.39 is 24.5 Å². The Bertz CT molecular complexity index is 1160. The van der Waals surface area contributed by atoms with Crippen molar-refractivity contribution in [1.82, 2.24) is 14.5 Å². The summed E-state index contributed by atoms with van der Waals surface area (Å²) in [5.41, 5.74) is 2.22. The molecule has 27 heavy (non-hydrogen) atoms. The molecule has 0 unspecified atom stereocenters. The molecule has 0 bridgehead atoms. The molecule has 0 aliphatic rings. The molecule has 0 saturated carbocycles. The second-order valence-corrected chi connectivity index (χ2v) is 7.08. The van der Waals surface area contributed by atoms with E-state index in [0.717, 1.165) is 20.3 Å². The fourth-order valence-electron chi connectivity index (χ4n) is 2.84. The highest BCUT2D eigenvalue weighted by Gasteiger charge is 2.38. The van der Waals surface area contributed by atoms with Gasteiger partial charge in [0.05, 0.1) is 21.3 Å². The largest absolute Gasteiger partial charge is 0.449 e. The van der Waals surface area contributed by atoms with Gasteiger partial charge in [-0.2, -0.15) is 13.2 Å². The van der Waals surface area contributed by atoms with Crippen molar-refractivity contribution in [3.63, 3.8) is 0 Å². The number of nitrogens with zero attached hydrogens (tertiary/aromatic N) is 3. The number of amides is 1. The summed E-state index contributed by atoms with van der Waals surface area (Å²) in [6.45, 7) is 1.44. The maximum Gasteiger partial charge on any atom is 0.449 e. The van der Waals surface area contributed by atoms with Crippen molar-refractivity contribution in [3.05, 3.63) is 53.9 Å². The van der Waals surface area contributed by atoms with Gasteiger partial charge in [-0.1, -0.05) is 29.5 Å². The number of para-hydroxylation sites is 2. The van der Waals surface area contributed by atoms with E-state index in [0.29, 0.717) is 5.13 Å². The topological polar surface area (TPSA) is 59.8 Å². The third-order valence-electron chi connectivity index (χ3n) is 4.00. The lowest BCUT2D eigenvalue weighted by Gasteiger charge is -2.10. The van der Waals surface area contributed by atoms with Crippen molar-refractivity contribution in [2.75, 3.05) is 5.32 Å². The van der Waals surface area contributed by atoms with Gasteiger partial charge in [0.15, 0.2) is 5.13 Å². The van der Waals surface area contributed by atoms with E-state index in [-0.39, 0.29) is 11.0 Å². The van der Waals surface area contributed by atoms with Crippen LogP contribution in [0.3, 0.4) is 0 Å². The van der Waals surface area contributed by atoms with Gasteiger partial charge in [0.2, 0.25) is 11.7 Å². The van der Waals surface area contributed by atoms with Crippen LogP contribution in [0.5, 0.6) is 0 Å². The van der Waals surface area contributed by atoms with Gasteiger partial charge < -0.3 is 9.88 Å². The molecule has 1 N–H and O–H groups in total. The van der Waals surface area contributed by atoms with Gasteiger partial charge >= 0.3 is 6.18 Å². The minimum Gasteiger partial charge on any atom is -0.311 e. The first-order valence-corrected chi connectivity index (χ1v) is 8.82. The predicted octanol–water partition coefficient (Wildman–Crippen LogP) is 4.61. The zero-order chi connectivity index (χ0) is 19.2. The number of benzene rings is 2. The zero-order valence-corrected chi connectivity index (χ0v) is 14.9. The average molecular weight is 390 g/mol. The summed E-state index contributed by atoms with van der Waals surface area (Å²) >= 11 is 1.28. The molecule has 0 aliphatic carbocycles. The molecule has 5 nitrogen and oxygen atoms in total. The zero-order valence-electron chi connectivity index (χ0n) is 14.0. The van der Waals surface area contributed by atoms with Crippen molar-refractivity contribution >= 4 is 43.6 Å². The molecule has 4 rings (SSSR count). The second-order valence-electron chi connectivity index (χ2n) is 6.05. The highest BCUT2D eigenvalue weighted by Crippen LogP contribution is 2.32. The maximum atomic E-state index is 13.3. The van der Waals surface area contributed by atoms with Crippen molar-refractivity contribution in [2.24, 2.45) is 0 Å². The summed E-state index contributed by atoms with van der Waals surface area (Å²) in [6, 6.07) is 11.9. The van der Waals surface area contributed by atoms with Crippen molar-refractivity contribution < 1.29 is 18.0 Å². The molecule has 1 amide bonds. The van der Waals surface area contributed by atoms with Gasteiger partial charge in [-0.25, -0.2) is 9.97 Å². The number of imidazole rings is 1. The molecule has 0 spiro atoms. The molecular formula is C18H13F3N4OS. The molecule has 0 aliphatic heterocycles. The van der Waals surface area contributed by atoms with Gasteiger partial charge in [0, 0.05) is 0 Å². The van der Waals surface area contributed by atoms with E-state index in [9.17, 15) is 18.0 Å². The third-order valence-corrected chi connectivity index (χ3v) is 4.93. The van der Waals surface area contributed by atoms with Gasteiger partial charge in [0.25, 0.3) is 0 Å². The molecule has 2 aromatic heterocycles. The lowest BCUT2D eigenvalue weighted by atomic mass is 10.2. The molecule has 4 aromatic rings. The maximum absolute atomic E-state index is 13.3. The summed E-state index contributed by atoms with van der Waals surface area (Å²) in [5.74, 6) is -1.70. The normalized spacial score (nSPS) is 12.0. The van der Waals surface area contributed by atoms with E-state index in [4.69, 9.17) is 0 Å². The minimum atomic E-state index is -4.66. The summed E-state index contributed by atoms with van der Waals surface area (Å²) in [7, 11) is 0. The van der Waals surface area contributed by atoms with Crippen molar-refractivity contribution in [3.8, 4) is 0 Å². The SMILES string of the molecule is Cc1ccc2nc(NC(=O)Cn3c(C(F)(F)F)nc4ccccc43)sc2c1. The number of anilines is 1. The highest BCUT2D eigenvalue weighted by atomic mass is 32.1. The molecule has 0 fully saturated rings. The van der Waals surface area contributed by atoms with Crippen molar-refractivity contribution in [1.29, 1.82) is 0 Å². The van der Waals surface area contributed by atoms with Gasteiger partial charge in [-0.05, 0) is 36.8 Å². The van der Waals surface area contributed by atoms with Crippen LogP contribution in [0.4, 0.5) is 18.3 Å². The van der Waals surface area contributed by atoms with Crippen LogP contribution in [-0.4, -0.2) is 20.4 Å². The smallest absolute Gasteiger partial charge is 0.311 e. The molecule has 9 heteroatoms.